The first-order chi connectivity index (χ1) is 14.4. The first-order valence-electron chi connectivity index (χ1n) is 9.35. The molecule has 3 aromatic rings. The molecule has 0 aliphatic heterocycles. The molecule has 2 aromatic carbocycles. The maximum atomic E-state index is 6.09. The second kappa shape index (κ2) is 10.5. The molecule has 10 heteroatoms. The first kappa shape index (κ1) is 22.9. The minimum absolute atomic E-state index is 0.338. The molecule has 0 bridgehead atoms. The second-order valence-electron chi connectivity index (χ2n) is 6.33. The van der Waals surface area contributed by atoms with E-state index in [1.54, 1.807) is 16.8 Å². The standard InChI is InChI=1S/C20H21BrCl2N4O2S/c1-3-19-25-26-20(30)27(19)24-10-13-8-17(28-4-2)18(9-14(13)21)29-11-12-5-6-15(22)16(23)7-12/h5-9,24H,3-4,10-11H2,1-2H3,(H,26,30). The molecule has 0 aliphatic rings. The zero-order valence-corrected chi connectivity index (χ0v) is 20.4. The summed E-state index contributed by atoms with van der Waals surface area (Å²) in [5, 5.41) is 8.01. The predicted octanol–water partition coefficient (Wildman–Crippen LogP) is 6.29. The molecule has 0 fully saturated rings. The predicted molar refractivity (Wildman–Crippen MR) is 126 cm³/mol. The molecule has 6 nitrogen and oxygen atoms in total. The van der Waals surface area contributed by atoms with Crippen molar-refractivity contribution in [3.05, 3.63) is 66.6 Å². The van der Waals surface area contributed by atoms with Gasteiger partial charge in [0.25, 0.3) is 0 Å². The van der Waals surface area contributed by atoms with Gasteiger partial charge in [0, 0.05) is 10.9 Å². The first-order valence-corrected chi connectivity index (χ1v) is 11.3. The molecule has 1 aromatic heterocycles. The van der Waals surface area contributed by atoms with Crippen LogP contribution in [-0.4, -0.2) is 21.5 Å². The van der Waals surface area contributed by atoms with Crippen LogP contribution in [0, 0.1) is 4.77 Å². The van der Waals surface area contributed by atoms with Gasteiger partial charge in [-0.3, -0.25) is 5.10 Å². The van der Waals surface area contributed by atoms with Crippen molar-refractivity contribution in [2.24, 2.45) is 0 Å². The van der Waals surface area contributed by atoms with Crippen LogP contribution in [0.5, 0.6) is 11.5 Å². The van der Waals surface area contributed by atoms with Gasteiger partial charge in [-0.1, -0.05) is 52.1 Å². The third-order valence-electron chi connectivity index (χ3n) is 4.28. The van der Waals surface area contributed by atoms with Crippen molar-refractivity contribution in [2.45, 2.75) is 33.4 Å². The zero-order chi connectivity index (χ0) is 21.7. The van der Waals surface area contributed by atoms with Crippen LogP contribution < -0.4 is 14.9 Å². The third-order valence-corrected chi connectivity index (χ3v) is 6.03. The Morgan fingerprint density at radius 1 is 1.13 bits per heavy atom. The number of H-pyrrole nitrogens is 1. The van der Waals surface area contributed by atoms with Crippen LogP contribution in [0.3, 0.4) is 0 Å². The monoisotopic (exact) mass is 530 g/mol. The fraction of sp³-hybridized carbons (Fsp3) is 0.300. The van der Waals surface area contributed by atoms with E-state index in [9.17, 15) is 0 Å². The summed E-state index contributed by atoms with van der Waals surface area (Å²) >= 11 is 21.0. The van der Waals surface area contributed by atoms with E-state index >= 15 is 0 Å². The number of nitrogens with zero attached hydrogens (tertiary/aromatic N) is 2. The summed E-state index contributed by atoms with van der Waals surface area (Å²) in [7, 11) is 0. The van der Waals surface area contributed by atoms with Gasteiger partial charge >= 0.3 is 0 Å². The van der Waals surface area contributed by atoms with Gasteiger partial charge in [0.15, 0.2) is 17.3 Å². The summed E-state index contributed by atoms with van der Waals surface area (Å²) in [6, 6.07) is 9.26. The molecule has 0 radical (unpaired) electrons. The van der Waals surface area contributed by atoms with Gasteiger partial charge in [0.1, 0.15) is 6.61 Å². The second-order valence-corrected chi connectivity index (χ2v) is 8.38. The fourth-order valence-corrected chi connectivity index (χ4v) is 3.78. The number of aromatic amines is 1. The SMILES string of the molecule is CCOc1cc(CNn2c(CC)n[nH]c2=S)c(Br)cc1OCc1ccc(Cl)c(Cl)c1. The molecule has 0 unspecified atom stereocenters. The largest absolute Gasteiger partial charge is 0.490 e. The van der Waals surface area contributed by atoms with Crippen molar-refractivity contribution in [2.75, 3.05) is 12.0 Å². The number of aromatic nitrogens is 3. The number of halogens is 3. The quantitative estimate of drug-likeness (QED) is 0.317. The summed E-state index contributed by atoms with van der Waals surface area (Å²) in [6.07, 6.45) is 0.757. The average molecular weight is 532 g/mol. The molecule has 3 rings (SSSR count). The van der Waals surface area contributed by atoms with E-state index in [4.69, 9.17) is 44.9 Å². The normalized spacial score (nSPS) is 10.8. The van der Waals surface area contributed by atoms with E-state index in [1.807, 2.05) is 32.0 Å². The van der Waals surface area contributed by atoms with Crippen LogP contribution in [0.15, 0.2) is 34.8 Å². The Hall–Kier alpha value is -1.74. The molecule has 160 valence electrons. The Morgan fingerprint density at radius 2 is 1.90 bits per heavy atom. The van der Waals surface area contributed by atoms with Gasteiger partial charge in [-0.05, 0) is 54.5 Å². The molecule has 2 N–H and O–H groups in total. The van der Waals surface area contributed by atoms with Crippen LogP contribution in [0.25, 0.3) is 0 Å². The molecule has 0 saturated heterocycles. The maximum absolute atomic E-state index is 6.09. The summed E-state index contributed by atoms with van der Waals surface area (Å²) in [5.41, 5.74) is 5.20. The summed E-state index contributed by atoms with van der Waals surface area (Å²) in [5.74, 6) is 2.12. The Balaban J connectivity index is 1.78. The van der Waals surface area contributed by atoms with Crippen LogP contribution in [0.2, 0.25) is 10.0 Å². The van der Waals surface area contributed by atoms with Crippen molar-refractivity contribution >= 4 is 51.3 Å². The van der Waals surface area contributed by atoms with Gasteiger partial charge in [0.05, 0.1) is 23.2 Å². The van der Waals surface area contributed by atoms with Crippen molar-refractivity contribution in [3.63, 3.8) is 0 Å². The Morgan fingerprint density at radius 3 is 2.60 bits per heavy atom. The maximum Gasteiger partial charge on any atom is 0.214 e. The minimum atomic E-state index is 0.338. The number of benzene rings is 2. The van der Waals surface area contributed by atoms with Gasteiger partial charge < -0.3 is 14.9 Å². The number of rotatable bonds is 9. The highest BCUT2D eigenvalue weighted by Crippen LogP contribution is 2.35. The smallest absolute Gasteiger partial charge is 0.214 e. The lowest BCUT2D eigenvalue weighted by Crippen LogP contribution is -2.17. The Labute approximate surface area is 198 Å². The highest BCUT2D eigenvalue weighted by atomic mass is 79.9. The van der Waals surface area contributed by atoms with E-state index in [0.29, 0.717) is 46.1 Å². The van der Waals surface area contributed by atoms with Gasteiger partial charge in [0.2, 0.25) is 4.77 Å². The highest BCUT2D eigenvalue weighted by Gasteiger charge is 2.13. The topological polar surface area (TPSA) is 64.1 Å². The lowest BCUT2D eigenvalue weighted by Gasteiger charge is -2.16. The van der Waals surface area contributed by atoms with Crippen LogP contribution >= 0.6 is 51.3 Å². The van der Waals surface area contributed by atoms with Gasteiger partial charge in [-0.15, -0.1) is 0 Å². The highest BCUT2D eigenvalue weighted by molar-refractivity contribution is 9.10. The minimum Gasteiger partial charge on any atom is -0.490 e. The summed E-state index contributed by atoms with van der Waals surface area (Å²) in [4.78, 5) is 0. The molecule has 0 spiro atoms. The molecular weight excluding hydrogens is 511 g/mol. The summed E-state index contributed by atoms with van der Waals surface area (Å²) < 4.78 is 15.0. The van der Waals surface area contributed by atoms with Crippen molar-refractivity contribution in [1.82, 2.24) is 14.9 Å². The Bertz CT molecular complexity index is 1090. The lowest BCUT2D eigenvalue weighted by atomic mass is 10.2. The van der Waals surface area contributed by atoms with Gasteiger partial charge in [-0.2, -0.15) is 5.10 Å². The molecule has 0 amide bonds. The van der Waals surface area contributed by atoms with Crippen molar-refractivity contribution in [3.8, 4) is 11.5 Å². The van der Waals surface area contributed by atoms with Crippen molar-refractivity contribution in [1.29, 1.82) is 0 Å². The Kier molecular flexibility index (Phi) is 8.05. The number of ether oxygens (including phenoxy) is 2. The van der Waals surface area contributed by atoms with Crippen LogP contribution in [0.1, 0.15) is 30.8 Å². The van der Waals surface area contributed by atoms with Crippen LogP contribution in [0.4, 0.5) is 0 Å². The number of hydrogen-bond acceptors (Lipinski definition) is 5. The molecule has 0 aliphatic carbocycles. The van der Waals surface area contributed by atoms with E-state index in [2.05, 4.69) is 31.6 Å². The van der Waals surface area contributed by atoms with Gasteiger partial charge in [-0.25, -0.2) is 4.68 Å². The molecule has 30 heavy (non-hydrogen) atoms. The number of aryl methyl sites for hydroxylation is 1. The number of hydrogen-bond donors (Lipinski definition) is 2. The van der Waals surface area contributed by atoms with Crippen molar-refractivity contribution < 1.29 is 9.47 Å². The summed E-state index contributed by atoms with van der Waals surface area (Å²) in [6.45, 7) is 5.33. The van der Waals surface area contributed by atoms with E-state index in [0.717, 1.165) is 27.8 Å². The molecule has 0 saturated carbocycles. The third kappa shape index (κ3) is 5.49. The van der Waals surface area contributed by atoms with Crippen LogP contribution in [-0.2, 0) is 19.6 Å². The van der Waals surface area contributed by atoms with E-state index in [1.165, 1.54) is 0 Å². The zero-order valence-electron chi connectivity index (χ0n) is 16.5. The molecular formula is C20H21BrCl2N4O2S. The lowest BCUT2D eigenvalue weighted by molar-refractivity contribution is 0.269. The fourth-order valence-electron chi connectivity index (χ4n) is 2.78. The molecule has 0 atom stereocenters. The average Bonchev–Trinajstić information content (AvgIpc) is 3.09. The molecule has 1 heterocycles. The van der Waals surface area contributed by atoms with E-state index in [-0.39, 0.29) is 0 Å². The van der Waals surface area contributed by atoms with E-state index < -0.39 is 0 Å². The number of nitrogens with one attached hydrogen (secondary N) is 2.